The number of nitro groups is 1. The van der Waals surface area contributed by atoms with Crippen molar-refractivity contribution in [2.75, 3.05) is 5.53 Å². The molecule has 0 radical (unpaired) electrons. The molecular weight excluding hydrogens is 226 g/mol. The van der Waals surface area contributed by atoms with Crippen LogP contribution in [0.3, 0.4) is 0 Å². The van der Waals surface area contributed by atoms with Gasteiger partial charge in [0.2, 0.25) is 0 Å². The molecule has 0 spiro atoms. The molecule has 17 heavy (non-hydrogen) atoms. The Bertz CT molecular complexity index is 519. The highest BCUT2D eigenvalue weighted by Gasteiger charge is 2.02. The van der Waals surface area contributed by atoms with Crippen molar-refractivity contribution < 1.29 is 4.92 Å². The molecule has 0 unspecified atom stereocenters. The van der Waals surface area contributed by atoms with Crippen LogP contribution in [0.4, 0.5) is 5.69 Å². The molecule has 0 bridgehead atoms. The van der Waals surface area contributed by atoms with Gasteiger partial charge in [-0.15, -0.1) is 9.89 Å². The molecule has 9 nitrogen and oxygen atoms in total. The summed E-state index contributed by atoms with van der Waals surface area (Å²) in [6.45, 7) is 0. The van der Waals surface area contributed by atoms with E-state index in [-0.39, 0.29) is 5.69 Å². The van der Waals surface area contributed by atoms with Crippen LogP contribution in [0.5, 0.6) is 0 Å². The number of non-ortho nitro benzene ring substituents is 1. The summed E-state index contributed by atoms with van der Waals surface area (Å²) in [5.74, 6) is 0. The number of hydrogen-bond acceptors (Lipinski definition) is 7. The first kappa shape index (κ1) is 10.7. The Labute approximate surface area is 94.9 Å². The van der Waals surface area contributed by atoms with E-state index >= 15 is 0 Å². The number of nitro benzene ring substituents is 1. The summed E-state index contributed by atoms with van der Waals surface area (Å²) in [4.78, 5) is 11.2. The number of nitrogens with one attached hydrogen (secondary N) is 1. The predicted molar refractivity (Wildman–Crippen MR) is 57.9 cm³/mol. The number of hydrazone groups is 1. The quantitative estimate of drug-likeness (QED) is 0.457. The molecule has 1 aromatic heterocycles. The summed E-state index contributed by atoms with van der Waals surface area (Å²) in [7, 11) is 0. The molecule has 0 saturated carbocycles. The molecule has 1 N–H and O–H groups in total. The minimum Gasteiger partial charge on any atom is -0.258 e. The molecule has 0 amide bonds. The SMILES string of the molecule is O=[N+]([O-])c1ccc(C=NNn2cnnn2)cc1. The van der Waals surface area contributed by atoms with Crippen molar-refractivity contribution in [2.45, 2.75) is 0 Å². The van der Waals surface area contributed by atoms with E-state index < -0.39 is 4.92 Å². The molecule has 0 saturated heterocycles. The van der Waals surface area contributed by atoms with Crippen LogP contribution in [0.1, 0.15) is 5.56 Å². The molecule has 9 heteroatoms. The summed E-state index contributed by atoms with van der Waals surface area (Å²) >= 11 is 0. The Morgan fingerprint density at radius 3 is 2.76 bits per heavy atom. The number of benzene rings is 1. The smallest absolute Gasteiger partial charge is 0.258 e. The lowest BCUT2D eigenvalue weighted by Crippen LogP contribution is -2.09. The number of tetrazole rings is 1. The Kier molecular flexibility index (Phi) is 3.01. The molecule has 0 aliphatic heterocycles. The minimum absolute atomic E-state index is 0.0376. The standard InChI is InChI=1S/C8H7N7O2/c16-15(17)8-3-1-7(2-4-8)5-9-12-14-6-10-11-13-14/h1-6,12H. The molecule has 2 rings (SSSR count). The van der Waals surface area contributed by atoms with Crippen molar-refractivity contribution >= 4 is 11.9 Å². The second kappa shape index (κ2) is 4.79. The first-order valence-electron chi connectivity index (χ1n) is 4.52. The predicted octanol–water partition coefficient (Wildman–Crippen LogP) is 0.159. The zero-order chi connectivity index (χ0) is 12.1. The lowest BCUT2D eigenvalue weighted by molar-refractivity contribution is -0.384. The van der Waals surface area contributed by atoms with Gasteiger partial charge in [0.25, 0.3) is 5.69 Å². The fraction of sp³-hybridized carbons (Fsp3) is 0. The molecule has 0 aliphatic carbocycles. The van der Waals surface area contributed by atoms with Crippen molar-refractivity contribution in [1.29, 1.82) is 0 Å². The van der Waals surface area contributed by atoms with Gasteiger partial charge >= 0.3 is 0 Å². The van der Waals surface area contributed by atoms with E-state index in [2.05, 4.69) is 26.2 Å². The topological polar surface area (TPSA) is 111 Å². The zero-order valence-corrected chi connectivity index (χ0v) is 8.46. The van der Waals surface area contributed by atoms with Gasteiger partial charge < -0.3 is 0 Å². The summed E-state index contributed by atoms with van der Waals surface area (Å²) < 4.78 is 0. The van der Waals surface area contributed by atoms with Gasteiger partial charge in [-0.3, -0.25) is 10.1 Å². The number of nitrogens with zero attached hydrogens (tertiary/aromatic N) is 6. The van der Waals surface area contributed by atoms with Gasteiger partial charge in [0, 0.05) is 12.1 Å². The largest absolute Gasteiger partial charge is 0.269 e. The molecular formula is C8H7N7O2. The highest BCUT2D eigenvalue weighted by atomic mass is 16.6. The third-order valence-corrected chi connectivity index (χ3v) is 1.83. The second-order valence-corrected chi connectivity index (χ2v) is 2.96. The van der Waals surface area contributed by atoms with E-state index in [9.17, 15) is 10.1 Å². The number of aromatic nitrogens is 4. The monoisotopic (exact) mass is 233 g/mol. The maximum Gasteiger partial charge on any atom is 0.269 e. The van der Waals surface area contributed by atoms with E-state index in [1.807, 2.05) is 0 Å². The first-order chi connectivity index (χ1) is 8.25. The van der Waals surface area contributed by atoms with Crippen LogP contribution in [-0.2, 0) is 0 Å². The second-order valence-electron chi connectivity index (χ2n) is 2.96. The molecule has 0 fully saturated rings. The minimum atomic E-state index is -0.458. The summed E-state index contributed by atoms with van der Waals surface area (Å²) in [5, 5.41) is 24.6. The molecule has 1 aromatic carbocycles. The molecule has 1 heterocycles. The van der Waals surface area contributed by atoms with Crippen LogP contribution >= 0.6 is 0 Å². The maximum absolute atomic E-state index is 10.4. The lowest BCUT2D eigenvalue weighted by atomic mass is 10.2. The third kappa shape index (κ3) is 2.81. The summed E-state index contributed by atoms with van der Waals surface area (Å²) in [6, 6.07) is 5.97. The Balaban J connectivity index is 1.99. The average molecular weight is 233 g/mol. The maximum atomic E-state index is 10.4. The van der Waals surface area contributed by atoms with Gasteiger partial charge in [-0.2, -0.15) is 10.6 Å². The molecule has 86 valence electrons. The Hall–Kier alpha value is -2.84. The van der Waals surface area contributed by atoms with Gasteiger partial charge in [0.05, 0.1) is 11.1 Å². The molecule has 0 atom stereocenters. The van der Waals surface area contributed by atoms with E-state index in [1.165, 1.54) is 29.5 Å². The van der Waals surface area contributed by atoms with Crippen molar-refractivity contribution in [3.8, 4) is 0 Å². The highest BCUT2D eigenvalue weighted by molar-refractivity contribution is 5.80. The van der Waals surface area contributed by atoms with Gasteiger partial charge in [-0.25, -0.2) is 0 Å². The molecule has 2 aromatic rings. The Morgan fingerprint density at radius 1 is 1.41 bits per heavy atom. The van der Waals surface area contributed by atoms with Crippen LogP contribution in [0.15, 0.2) is 35.7 Å². The fourth-order valence-corrected chi connectivity index (χ4v) is 1.05. The lowest BCUT2D eigenvalue weighted by Gasteiger charge is -1.95. The van der Waals surface area contributed by atoms with Gasteiger partial charge in [-0.05, 0) is 28.1 Å². The van der Waals surface area contributed by atoms with Crippen LogP contribution in [-0.4, -0.2) is 31.5 Å². The normalized spacial score (nSPS) is 10.6. The van der Waals surface area contributed by atoms with Gasteiger partial charge in [0.15, 0.2) is 6.33 Å². The van der Waals surface area contributed by atoms with Crippen LogP contribution in [0.2, 0.25) is 0 Å². The van der Waals surface area contributed by atoms with Crippen molar-refractivity contribution in [3.05, 3.63) is 46.3 Å². The van der Waals surface area contributed by atoms with Crippen LogP contribution in [0.25, 0.3) is 0 Å². The van der Waals surface area contributed by atoms with E-state index in [4.69, 9.17) is 0 Å². The van der Waals surface area contributed by atoms with Crippen molar-refractivity contribution in [1.82, 2.24) is 20.3 Å². The van der Waals surface area contributed by atoms with E-state index in [1.54, 1.807) is 12.1 Å². The van der Waals surface area contributed by atoms with Gasteiger partial charge in [0.1, 0.15) is 0 Å². The van der Waals surface area contributed by atoms with E-state index in [0.717, 1.165) is 5.56 Å². The molecule has 0 aliphatic rings. The number of rotatable bonds is 4. The Morgan fingerprint density at radius 2 is 2.18 bits per heavy atom. The zero-order valence-electron chi connectivity index (χ0n) is 8.46. The van der Waals surface area contributed by atoms with Crippen LogP contribution in [0, 0.1) is 10.1 Å². The fourth-order valence-electron chi connectivity index (χ4n) is 1.05. The summed E-state index contributed by atoms with van der Waals surface area (Å²) in [6.07, 6.45) is 2.83. The van der Waals surface area contributed by atoms with Gasteiger partial charge in [-0.1, -0.05) is 0 Å². The average Bonchev–Trinajstić information content (AvgIpc) is 2.83. The highest BCUT2D eigenvalue weighted by Crippen LogP contribution is 2.10. The van der Waals surface area contributed by atoms with E-state index in [0.29, 0.717) is 0 Å². The van der Waals surface area contributed by atoms with Crippen molar-refractivity contribution in [3.63, 3.8) is 0 Å². The summed E-state index contributed by atoms with van der Waals surface area (Å²) in [5.41, 5.74) is 3.28. The van der Waals surface area contributed by atoms with Crippen LogP contribution < -0.4 is 5.53 Å². The number of hydrogen-bond donors (Lipinski definition) is 1. The third-order valence-electron chi connectivity index (χ3n) is 1.83. The van der Waals surface area contributed by atoms with Crippen molar-refractivity contribution in [2.24, 2.45) is 5.10 Å². The first-order valence-corrected chi connectivity index (χ1v) is 4.52.